The lowest BCUT2D eigenvalue weighted by atomic mass is 9.88. The molecular weight excluding hydrogens is 344 g/mol. The van der Waals surface area contributed by atoms with E-state index in [0.29, 0.717) is 25.0 Å². The highest BCUT2D eigenvalue weighted by Gasteiger charge is 2.43. The summed E-state index contributed by atoms with van der Waals surface area (Å²) in [6.45, 7) is 3.23. The fourth-order valence-corrected chi connectivity index (χ4v) is 4.28. The molecule has 1 aromatic rings. The second-order valence-electron chi connectivity index (χ2n) is 7.59. The fourth-order valence-electron chi connectivity index (χ4n) is 4.28. The van der Waals surface area contributed by atoms with Crippen molar-refractivity contribution in [2.24, 2.45) is 5.92 Å². The van der Waals surface area contributed by atoms with Gasteiger partial charge in [0.2, 0.25) is 5.91 Å². The molecule has 8 heteroatoms. The summed E-state index contributed by atoms with van der Waals surface area (Å²) in [7, 11) is 0. The van der Waals surface area contributed by atoms with Crippen LogP contribution in [0.3, 0.4) is 0 Å². The Hall–Kier alpha value is -2.16. The molecule has 0 spiro atoms. The number of para-hydroxylation sites is 1. The van der Waals surface area contributed by atoms with E-state index in [1.165, 1.54) is 0 Å². The van der Waals surface area contributed by atoms with Crippen molar-refractivity contribution < 1.29 is 9.59 Å². The lowest BCUT2D eigenvalue weighted by molar-refractivity contribution is -0.135. The molecular formula is C19H28N6O2. The lowest BCUT2D eigenvalue weighted by Crippen LogP contribution is -2.54. The van der Waals surface area contributed by atoms with E-state index in [2.05, 4.69) is 26.8 Å². The molecule has 0 saturated carbocycles. The molecule has 0 bridgehead atoms. The quantitative estimate of drug-likeness (QED) is 0.524. The number of amides is 3. The summed E-state index contributed by atoms with van der Waals surface area (Å²) in [6, 6.07) is 9.52. The van der Waals surface area contributed by atoms with Gasteiger partial charge in [-0.2, -0.15) is 0 Å². The maximum Gasteiger partial charge on any atom is 0.319 e. The number of likely N-dealkylation sites (tertiary alicyclic amines) is 1. The molecule has 3 amide bonds. The monoisotopic (exact) mass is 372 g/mol. The fraction of sp³-hybridized carbons (Fsp3) is 0.579. The van der Waals surface area contributed by atoms with Crippen LogP contribution in [0.25, 0.3) is 0 Å². The van der Waals surface area contributed by atoms with Crippen LogP contribution in [0.15, 0.2) is 30.3 Å². The zero-order valence-corrected chi connectivity index (χ0v) is 15.4. The van der Waals surface area contributed by atoms with Gasteiger partial charge in [-0.15, -0.1) is 0 Å². The Morgan fingerprint density at radius 2 is 1.81 bits per heavy atom. The van der Waals surface area contributed by atoms with Crippen LogP contribution in [-0.4, -0.2) is 61.1 Å². The summed E-state index contributed by atoms with van der Waals surface area (Å²) >= 11 is 0. The molecule has 3 atom stereocenters. The zero-order valence-electron chi connectivity index (χ0n) is 15.4. The number of fused-ring (bicyclic) bond motifs is 1. The van der Waals surface area contributed by atoms with E-state index in [-0.39, 0.29) is 24.0 Å². The number of anilines is 1. The Labute approximate surface area is 159 Å². The normalized spacial score (nSPS) is 28.4. The van der Waals surface area contributed by atoms with E-state index < -0.39 is 0 Å². The van der Waals surface area contributed by atoms with E-state index in [1.807, 2.05) is 35.2 Å². The van der Waals surface area contributed by atoms with E-state index in [4.69, 9.17) is 0 Å². The van der Waals surface area contributed by atoms with Gasteiger partial charge in [-0.05, 0) is 37.9 Å². The van der Waals surface area contributed by atoms with Crippen molar-refractivity contribution in [3.05, 3.63) is 30.3 Å². The summed E-state index contributed by atoms with van der Waals surface area (Å²) in [5, 5.41) is 9.25. The number of benzene rings is 1. The number of carbonyl (C=O) groups excluding carboxylic acids is 2. The SMILES string of the molecule is O=C(Nc1ccccc1)NC1CCN(C(=O)C2NNC3CCNCC32)CC1. The third kappa shape index (κ3) is 4.23. The highest BCUT2D eigenvalue weighted by atomic mass is 16.2. The molecule has 0 aromatic heterocycles. The van der Waals surface area contributed by atoms with Crippen molar-refractivity contribution in [1.29, 1.82) is 0 Å². The van der Waals surface area contributed by atoms with Crippen molar-refractivity contribution in [2.45, 2.75) is 37.4 Å². The van der Waals surface area contributed by atoms with Crippen LogP contribution in [0.2, 0.25) is 0 Å². The molecule has 3 saturated heterocycles. The number of nitrogens with one attached hydrogen (secondary N) is 5. The minimum Gasteiger partial charge on any atom is -0.341 e. The van der Waals surface area contributed by atoms with Gasteiger partial charge in [0.25, 0.3) is 0 Å². The molecule has 146 valence electrons. The first-order chi connectivity index (χ1) is 13.2. The Morgan fingerprint density at radius 3 is 2.59 bits per heavy atom. The standard InChI is InChI=1S/C19H28N6O2/c26-18(17-15-12-20-9-6-16(15)23-24-17)25-10-7-14(8-11-25)22-19(27)21-13-4-2-1-3-5-13/h1-5,14-17,20,23-24H,6-12H2,(H2,21,22,27). The van der Waals surface area contributed by atoms with Gasteiger partial charge >= 0.3 is 6.03 Å². The number of hydrogen-bond donors (Lipinski definition) is 5. The second-order valence-corrected chi connectivity index (χ2v) is 7.59. The highest BCUT2D eigenvalue weighted by molar-refractivity contribution is 5.89. The molecule has 4 rings (SSSR count). The first kappa shape index (κ1) is 18.2. The van der Waals surface area contributed by atoms with Gasteiger partial charge in [0, 0.05) is 43.3 Å². The smallest absolute Gasteiger partial charge is 0.319 e. The third-order valence-electron chi connectivity index (χ3n) is 5.82. The van der Waals surface area contributed by atoms with Crippen LogP contribution in [0.4, 0.5) is 10.5 Å². The number of urea groups is 1. The Balaban J connectivity index is 1.24. The van der Waals surface area contributed by atoms with Gasteiger partial charge in [0.15, 0.2) is 0 Å². The summed E-state index contributed by atoms with van der Waals surface area (Å²) in [5.41, 5.74) is 7.27. The van der Waals surface area contributed by atoms with Crippen molar-refractivity contribution in [1.82, 2.24) is 26.4 Å². The first-order valence-electron chi connectivity index (χ1n) is 9.84. The minimum atomic E-state index is -0.191. The topological polar surface area (TPSA) is 97.5 Å². The van der Waals surface area contributed by atoms with Crippen LogP contribution in [-0.2, 0) is 4.79 Å². The predicted molar refractivity (Wildman–Crippen MR) is 103 cm³/mol. The zero-order chi connectivity index (χ0) is 18.6. The van der Waals surface area contributed by atoms with Gasteiger partial charge in [-0.1, -0.05) is 18.2 Å². The van der Waals surface area contributed by atoms with Gasteiger partial charge in [-0.25, -0.2) is 10.2 Å². The first-order valence-corrected chi connectivity index (χ1v) is 9.84. The largest absolute Gasteiger partial charge is 0.341 e. The van der Waals surface area contributed by atoms with E-state index in [9.17, 15) is 9.59 Å². The molecule has 3 unspecified atom stereocenters. The van der Waals surface area contributed by atoms with Crippen LogP contribution in [0.1, 0.15) is 19.3 Å². The molecule has 0 radical (unpaired) electrons. The van der Waals surface area contributed by atoms with Gasteiger partial charge < -0.3 is 20.9 Å². The molecule has 3 heterocycles. The summed E-state index contributed by atoms with van der Waals surface area (Å²) in [5.74, 6) is 0.477. The van der Waals surface area contributed by atoms with E-state index in [0.717, 1.165) is 38.0 Å². The molecule has 8 nitrogen and oxygen atoms in total. The number of nitrogens with zero attached hydrogens (tertiary/aromatic N) is 1. The molecule has 3 fully saturated rings. The summed E-state index contributed by atoms with van der Waals surface area (Å²) in [6.07, 6.45) is 2.60. The summed E-state index contributed by atoms with van der Waals surface area (Å²) < 4.78 is 0. The number of hydrazine groups is 1. The van der Waals surface area contributed by atoms with Gasteiger partial charge in [0.05, 0.1) is 0 Å². The summed E-state index contributed by atoms with van der Waals surface area (Å²) in [4.78, 5) is 27.0. The predicted octanol–water partition coefficient (Wildman–Crippen LogP) is 0.254. The van der Waals surface area contributed by atoms with Crippen molar-refractivity contribution in [3.63, 3.8) is 0 Å². The minimum absolute atomic E-state index is 0.0940. The molecule has 3 aliphatic rings. The maximum atomic E-state index is 12.9. The number of hydrogen-bond acceptors (Lipinski definition) is 5. The average molecular weight is 372 g/mol. The van der Waals surface area contributed by atoms with Crippen molar-refractivity contribution >= 4 is 17.6 Å². The van der Waals surface area contributed by atoms with Crippen molar-refractivity contribution in [2.75, 3.05) is 31.5 Å². The molecule has 27 heavy (non-hydrogen) atoms. The van der Waals surface area contributed by atoms with Crippen LogP contribution in [0.5, 0.6) is 0 Å². The van der Waals surface area contributed by atoms with E-state index in [1.54, 1.807) is 0 Å². The highest BCUT2D eigenvalue weighted by Crippen LogP contribution is 2.23. The van der Waals surface area contributed by atoms with Crippen molar-refractivity contribution in [3.8, 4) is 0 Å². The molecule has 3 aliphatic heterocycles. The van der Waals surface area contributed by atoms with Crippen LogP contribution >= 0.6 is 0 Å². The average Bonchev–Trinajstić information content (AvgIpc) is 3.13. The van der Waals surface area contributed by atoms with Gasteiger partial charge in [0.1, 0.15) is 6.04 Å². The number of piperidine rings is 2. The Bertz CT molecular complexity index is 661. The van der Waals surface area contributed by atoms with E-state index >= 15 is 0 Å². The maximum absolute atomic E-state index is 12.9. The lowest BCUT2D eigenvalue weighted by Gasteiger charge is -2.35. The molecule has 5 N–H and O–H groups in total. The van der Waals surface area contributed by atoms with Crippen LogP contribution < -0.4 is 26.8 Å². The number of carbonyl (C=O) groups is 2. The number of rotatable bonds is 3. The second kappa shape index (κ2) is 8.24. The molecule has 0 aliphatic carbocycles. The Kier molecular flexibility index (Phi) is 5.56. The Morgan fingerprint density at radius 1 is 1.04 bits per heavy atom. The third-order valence-corrected chi connectivity index (χ3v) is 5.82. The van der Waals surface area contributed by atoms with Crippen LogP contribution in [0, 0.1) is 5.92 Å². The molecule has 1 aromatic carbocycles. The van der Waals surface area contributed by atoms with Gasteiger partial charge in [-0.3, -0.25) is 10.2 Å².